The highest BCUT2D eigenvalue weighted by atomic mass is 16.2. The van der Waals surface area contributed by atoms with Crippen LogP contribution in [0.5, 0.6) is 0 Å². The van der Waals surface area contributed by atoms with Crippen LogP contribution in [0, 0.1) is 5.92 Å². The molecule has 0 unspecified atom stereocenters. The molecule has 0 spiro atoms. The minimum Gasteiger partial charge on any atom is -0.304 e. The topological polar surface area (TPSA) is 65.8 Å². The smallest absolute Gasteiger partial charge is 0.249 e. The second kappa shape index (κ2) is 7.57. The summed E-state index contributed by atoms with van der Waals surface area (Å²) in [5.41, 5.74) is 4.10. The molecule has 2 aromatic heterocycles. The molecule has 2 aliphatic rings. The van der Waals surface area contributed by atoms with Gasteiger partial charge in [-0.2, -0.15) is 4.98 Å². The highest BCUT2D eigenvalue weighted by Gasteiger charge is 2.30. The Kier molecular flexibility index (Phi) is 4.77. The van der Waals surface area contributed by atoms with Gasteiger partial charge < -0.3 is 4.90 Å². The fourth-order valence-electron chi connectivity index (χ4n) is 3.78. The van der Waals surface area contributed by atoms with E-state index in [4.69, 9.17) is 0 Å². The molecule has 1 aliphatic heterocycles. The summed E-state index contributed by atoms with van der Waals surface area (Å²) in [6.07, 6.45) is 1.93. The minimum absolute atomic E-state index is 0.0238. The minimum atomic E-state index is 0.0238. The van der Waals surface area contributed by atoms with Crippen LogP contribution in [0.15, 0.2) is 42.5 Å². The fraction of sp³-hybridized carbons (Fsp3) is 0.409. The molecule has 3 heterocycles. The van der Waals surface area contributed by atoms with Gasteiger partial charge in [-0.25, -0.2) is 4.52 Å². The lowest BCUT2D eigenvalue weighted by atomic mass is 10.1. The van der Waals surface area contributed by atoms with Gasteiger partial charge in [0.25, 0.3) is 0 Å². The third kappa shape index (κ3) is 4.02. The number of nitrogens with zero attached hydrogens (tertiary/aromatic N) is 5. The standard InChI is InChI=1S/C22H26N6O/c1-26-11-13-27(14-12-26)15-16-5-7-17(8-6-16)19-3-2-4-20-23-22(25-28(19)20)24-21(29)18-9-10-18/h2-8,18H,9-15H2,1H3,(H,24,25,29). The highest BCUT2D eigenvalue weighted by Crippen LogP contribution is 2.30. The quantitative estimate of drug-likeness (QED) is 0.725. The number of hydrogen-bond donors (Lipinski definition) is 1. The van der Waals surface area contributed by atoms with Gasteiger partial charge in [-0.1, -0.05) is 30.3 Å². The number of fused-ring (bicyclic) bond motifs is 1. The number of hydrogen-bond acceptors (Lipinski definition) is 5. The average molecular weight is 390 g/mol. The fourth-order valence-corrected chi connectivity index (χ4v) is 3.78. The third-order valence-electron chi connectivity index (χ3n) is 5.79. The van der Waals surface area contributed by atoms with E-state index < -0.39 is 0 Å². The van der Waals surface area contributed by atoms with Crippen molar-refractivity contribution in [1.82, 2.24) is 24.4 Å². The maximum Gasteiger partial charge on any atom is 0.249 e. The normalized spacial score (nSPS) is 18.2. The maximum atomic E-state index is 12.0. The van der Waals surface area contributed by atoms with Crippen LogP contribution in [0.1, 0.15) is 18.4 Å². The first-order valence-corrected chi connectivity index (χ1v) is 10.3. The van der Waals surface area contributed by atoms with Crippen molar-refractivity contribution in [3.63, 3.8) is 0 Å². The Morgan fingerprint density at radius 3 is 2.55 bits per heavy atom. The van der Waals surface area contributed by atoms with Gasteiger partial charge in [-0.15, -0.1) is 5.10 Å². The molecule has 29 heavy (non-hydrogen) atoms. The molecule has 3 aromatic rings. The van der Waals surface area contributed by atoms with Gasteiger partial charge in [-0.05, 0) is 37.6 Å². The lowest BCUT2D eigenvalue weighted by Gasteiger charge is -2.32. The van der Waals surface area contributed by atoms with Crippen molar-refractivity contribution in [1.29, 1.82) is 0 Å². The number of nitrogens with one attached hydrogen (secondary N) is 1. The molecule has 7 heteroatoms. The van der Waals surface area contributed by atoms with E-state index in [-0.39, 0.29) is 11.8 Å². The zero-order valence-electron chi connectivity index (χ0n) is 16.7. The summed E-state index contributed by atoms with van der Waals surface area (Å²) in [5.74, 6) is 0.533. The monoisotopic (exact) mass is 390 g/mol. The first kappa shape index (κ1) is 18.3. The van der Waals surface area contributed by atoms with Gasteiger partial charge in [0.15, 0.2) is 5.65 Å². The number of carbonyl (C=O) groups excluding carboxylic acids is 1. The third-order valence-corrected chi connectivity index (χ3v) is 5.79. The number of carbonyl (C=O) groups is 1. The zero-order chi connectivity index (χ0) is 19.8. The molecular weight excluding hydrogens is 364 g/mol. The van der Waals surface area contributed by atoms with Crippen molar-refractivity contribution in [2.75, 3.05) is 38.5 Å². The van der Waals surface area contributed by atoms with Crippen molar-refractivity contribution in [3.8, 4) is 11.3 Å². The van der Waals surface area contributed by atoms with Gasteiger partial charge in [-0.3, -0.25) is 15.0 Å². The second-order valence-corrected chi connectivity index (χ2v) is 8.16. The van der Waals surface area contributed by atoms with Gasteiger partial charge >= 0.3 is 0 Å². The van der Waals surface area contributed by atoms with Gasteiger partial charge in [0.2, 0.25) is 11.9 Å². The van der Waals surface area contributed by atoms with Crippen LogP contribution in [0.25, 0.3) is 16.9 Å². The van der Waals surface area contributed by atoms with E-state index in [0.717, 1.165) is 62.5 Å². The molecule has 1 amide bonds. The van der Waals surface area contributed by atoms with Crippen molar-refractivity contribution in [2.24, 2.45) is 5.92 Å². The molecule has 1 saturated carbocycles. The second-order valence-electron chi connectivity index (χ2n) is 8.16. The van der Waals surface area contributed by atoms with Crippen LogP contribution >= 0.6 is 0 Å². The Bertz CT molecular complexity index is 1020. The van der Waals surface area contributed by atoms with E-state index in [9.17, 15) is 4.79 Å². The van der Waals surface area contributed by atoms with Gasteiger partial charge in [0.1, 0.15) is 0 Å². The van der Waals surface area contributed by atoms with Crippen molar-refractivity contribution in [2.45, 2.75) is 19.4 Å². The summed E-state index contributed by atoms with van der Waals surface area (Å²) < 4.78 is 1.80. The molecule has 150 valence electrons. The summed E-state index contributed by atoms with van der Waals surface area (Å²) in [4.78, 5) is 21.4. The Hall–Kier alpha value is -2.77. The molecule has 0 bridgehead atoms. The molecule has 1 aromatic carbocycles. The van der Waals surface area contributed by atoms with Crippen LogP contribution in [-0.4, -0.2) is 63.5 Å². The molecule has 2 fully saturated rings. The maximum absolute atomic E-state index is 12.0. The first-order chi connectivity index (χ1) is 14.2. The predicted octanol–water partition coefficient (Wildman–Crippen LogP) is 2.49. The highest BCUT2D eigenvalue weighted by molar-refractivity contribution is 5.92. The van der Waals surface area contributed by atoms with E-state index in [1.54, 1.807) is 4.52 Å². The molecule has 0 atom stereocenters. The van der Waals surface area contributed by atoms with Gasteiger partial charge in [0, 0.05) is 44.2 Å². The summed E-state index contributed by atoms with van der Waals surface area (Å²) in [6, 6.07) is 14.6. The zero-order valence-corrected chi connectivity index (χ0v) is 16.7. The molecule has 5 rings (SSSR count). The summed E-state index contributed by atoms with van der Waals surface area (Å²) in [6.45, 7) is 5.48. The number of aromatic nitrogens is 3. The van der Waals surface area contributed by atoms with Crippen molar-refractivity contribution < 1.29 is 4.79 Å². The number of likely N-dealkylation sites (N-methyl/N-ethyl adjacent to an activating group) is 1. The predicted molar refractivity (Wildman–Crippen MR) is 113 cm³/mol. The summed E-state index contributed by atoms with van der Waals surface area (Å²) >= 11 is 0. The average Bonchev–Trinajstić information content (AvgIpc) is 3.50. The Balaban J connectivity index is 1.34. The SMILES string of the molecule is CN1CCN(Cc2ccc(-c3cccc4nc(NC(=O)C5CC5)nn34)cc2)CC1. The molecule has 7 nitrogen and oxygen atoms in total. The Morgan fingerprint density at radius 2 is 1.83 bits per heavy atom. The van der Waals surface area contributed by atoms with E-state index in [0.29, 0.717) is 5.95 Å². The Labute approximate surface area is 170 Å². The number of amides is 1. The first-order valence-electron chi connectivity index (χ1n) is 10.3. The van der Waals surface area contributed by atoms with E-state index in [1.807, 2.05) is 18.2 Å². The van der Waals surface area contributed by atoms with E-state index >= 15 is 0 Å². The number of pyridine rings is 1. The van der Waals surface area contributed by atoms with Crippen LogP contribution < -0.4 is 5.32 Å². The van der Waals surface area contributed by atoms with Gasteiger partial charge in [0.05, 0.1) is 5.69 Å². The van der Waals surface area contributed by atoms with Crippen LogP contribution in [0.3, 0.4) is 0 Å². The number of benzene rings is 1. The summed E-state index contributed by atoms with van der Waals surface area (Å²) in [7, 11) is 2.18. The Morgan fingerprint density at radius 1 is 1.07 bits per heavy atom. The lowest BCUT2D eigenvalue weighted by molar-refractivity contribution is -0.117. The van der Waals surface area contributed by atoms with E-state index in [2.05, 4.69) is 56.5 Å². The van der Waals surface area contributed by atoms with E-state index in [1.165, 1.54) is 5.56 Å². The summed E-state index contributed by atoms with van der Waals surface area (Å²) in [5, 5.41) is 7.36. The molecule has 1 N–H and O–H groups in total. The largest absolute Gasteiger partial charge is 0.304 e. The number of rotatable bonds is 5. The number of piperazine rings is 1. The molecular formula is C22H26N6O. The van der Waals surface area contributed by atoms with Crippen molar-refractivity contribution in [3.05, 3.63) is 48.0 Å². The lowest BCUT2D eigenvalue weighted by Crippen LogP contribution is -2.43. The molecule has 0 radical (unpaired) electrons. The van der Waals surface area contributed by atoms with Crippen LogP contribution in [-0.2, 0) is 11.3 Å². The molecule has 1 aliphatic carbocycles. The van der Waals surface area contributed by atoms with Crippen LogP contribution in [0.2, 0.25) is 0 Å². The molecule has 1 saturated heterocycles. The van der Waals surface area contributed by atoms with Crippen LogP contribution in [0.4, 0.5) is 5.95 Å². The van der Waals surface area contributed by atoms with Crippen molar-refractivity contribution >= 4 is 17.5 Å². The number of anilines is 1.